The predicted octanol–water partition coefficient (Wildman–Crippen LogP) is 4.47. The van der Waals surface area contributed by atoms with E-state index in [2.05, 4.69) is 4.57 Å². The Bertz CT molecular complexity index is 885. The molecular weight excluding hydrogens is 326 g/mol. The molecule has 0 atom stereocenters. The Morgan fingerprint density at radius 3 is 2.75 bits per heavy atom. The highest BCUT2D eigenvalue weighted by atomic mass is 35.5. The number of aromatic nitrogens is 1. The van der Waals surface area contributed by atoms with Crippen LogP contribution in [0.1, 0.15) is 15.9 Å². The molecule has 0 fully saturated rings. The fourth-order valence-electron chi connectivity index (χ4n) is 2.59. The zero-order chi connectivity index (χ0) is 17.1. The lowest BCUT2D eigenvalue weighted by Crippen LogP contribution is -2.08. The van der Waals surface area contributed by atoms with Crippen molar-refractivity contribution < 1.29 is 14.3 Å². The van der Waals surface area contributed by atoms with Crippen LogP contribution in [0.5, 0.6) is 5.75 Å². The molecule has 124 valence electrons. The van der Waals surface area contributed by atoms with Crippen LogP contribution in [0.4, 0.5) is 0 Å². The maximum absolute atomic E-state index is 11.7. The fourth-order valence-corrected chi connectivity index (χ4v) is 2.71. The molecule has 0 aliphatic heterocycles. The summed E-state index contributed by atoms with van der Waals surface area (Å²) >= 11 is 6.02. The standard InChI is InChI=1S/C19H18ClNO3/c1-13-11-16(5-6-17(13)20)24-10-9-21-8-7-14-3-4-15(12-18(14)21)19(22)23-2/h3-8,11-12H,9-10H2,1-2H3. The van der Waals surface area contributed by atoms with Gasteiger partial charge in [0.25, 0.3) is 0 Å². The summed E-state index contributed by atoms with van der Waals surface area (Å²) in [6, 6.07) is 13.2. The van der Waals surface area contributed by atoms with Crippen LogP contribution in [0.15, 0.2) is 48.7 Å². The number of methoxy groups -OCH3 is 1. The minimum Gasteiger partial charge on any atom is -0.492 e. The number of esters is 1. The second-order valence-corrected chi connectivity index (χ2v) is 5.94. The number of carbonyl (C=O) groups is 1. The van der Waals surface area contributed by atoms with Crippen LogP contribution in [0.3, 0.4) is 0 Å². The third-order valence-electron chi connectivity index (χ3n) is 3.93. The summed E-state index contributed by atoms with van der Waals surface area (Å²) in [7, 11) is 1.38. The molecule has 2 aromatic carbocycles. The first kappa shape index (κ1) is 16.4. The molecule has 5 heteroatoms. The smallest absolute Gasteiger partial charge is 0.337 e. The van der Waals surface area contributed by atoms with Crippen molar-refractivity contribution in [2.24, 2.45) is 0 Å². The summed E-state index contributed by atoms with van der Waals surface area (Å²) in [4.78, 5) is 11.7. The van der Waals surface area contributed by atoms with E-state index in [0.717, 1.165) is 27.2 Å². The van der Waals surface area contributed by atoms with Crippen molar-refractivity contribution in [1.82, 2.24) is 4.57 Å². The highest BCUT2D eigenvalue weighted by Crippen LogP contribution is 2.22. The predicted molar refractivity (Wildman–Crippen MR) is 95.0 cm³/mol. The van der Waals surface area contributed by atoms with Crippen molar-refractivity contribution in [2.45, 2.75) is 13.5 Å². The first-order valence-electron chi connectivity index (χ1n) is 7.64. The maximum atomic E-state index is 11.7. The molecule has 0 radical (unpaired) electrons. The van der Waals surface area contributed by atoms with Gasteiger partial charge in [-0.05, 0) is 54.3 Å². The molecule has 1 heterocycles. The van der Waals surface area contributed by atoms with Crippen LogP contribution < -0.4 is 4.74 Å². The quantitative estimate of drug-likeness (QED) is 0.642. The molecule has 0 bridgehead atoms. The molecule has 0 aliphatic carbocycles. The Morgan fingerprint density at radius 2 is 2.00 bits per heavy atom. The number of rotatable bonds is 5. The second kappa shape index (κ2) is 6.97. The summed E-state index contributed by atoms with van der Waals surface area (Å²) in [5.74, 6) is 0.459. The fraction of sp³-hybridized carbons (Fsp3) is 0.211. The van der Waals surface area contributed by atoms with Crippen LogP contribution >= 0.6 is 11.6 Å². The van der Waals surface area contributed by atoms with Crippen molar-refractivity contribution in [1.29, 1.82) is 0 Å². The number of hydrogen-bond donors (Lipinski definition) is 0. The molecule has 1 aromatic heterocycles. The minimum absolute atomic E-state index is 0.336. The maximum Gasteiger partial charge on any atom is 0.337 e. The Morgan fingerprint density at radius 1 is 1.17 bits per heavy atom. The minimum atomic E-state index is -0.336. The molecular formula is C19H18ClNO3. The molecule has 0 amide bonds. The van der Waals surface area contributed by atoms with Gasteiger partial charge in [0.1, 0.15) is 12.4 Å². The van der Waals surface area contributed by atoms with Crippen LogP contribution in [0.2, 0.25) is 5.02 Å². The highest BCUT2D eigenvalue weighted by molar-refractivity contribution is 6.31. The number of carbonyl (C=O) groups excluding carboxylic acids is 1. The van der Waals surface area contributed by atoms with E-state index in [9.17, 15) is 4.79 Å². The molecule has 4 nitrogen and oxygen atoms in total. The Hall–Kier alpha value is -2.46. The Balaban J connectivity index is 1.72. The summed E-state index contributed by atoms with van der Waals surface area (Å²) in [5.41, 5.74) is 2.51. The third kappa shape index (κ3) is 3.39. The van der Waals surface area contributed by atoms with Gasteiger partial charge in [-0.25, -0.2) is 4.79 Å². The number of aryl methyl sites for hydroxylation is 1. The number of benzene rings is 2. The third-order valence-corrected chi connectivity index (χ3v) is 4.35. The number of ether oxygens (including phenoxy) is 2. The van der Waals surface area contributed by atoms with Crippen LogP contribution in [-0.4, -0.2) is 24.3 Å². The summed E-state index contributed by atoms with van der Waals surface area (Å²) in [5, 5.41) is 1.80. The molecule has 0 spiro atoms. The Kier molecular flexibility index (Phi) is 4.76. The molecule has 0 saturated heterocycles. The average Bonchev–Trinajstić information content (AvgIpc) is 2.99. The van der Waals surface area contributed by atoms with E-state index in [4.69, 9.17) is 21.1 Å². The number of fused-ring (bicyclic) bond motifs is 1. The normalized spacial score (nSPS) is 10.8. The zero-order valence-electron chi connectivity index (χ0n) is 13.6. The van der Waals surface area contributed by atoms with E-state index in [-0.39, 0.29) is 5.97 Å². The first-order valence-corrected chi connectivity index (χ1v) is 8.02. The highest BCUT2D eigenvalue weighted by Gasteiger charge is 2.08. The van der Waals surface area contributed by atoms with Gasteiger partial charge in [-0.1, -0.05) is 17.7 Å². The largest absolute Gasteiger partial charge is 0.492 e. The van der Waals surface area contributed by atoms with Gasteiger partial charge in [-0.2, -0.15) is 0 Å². The molecule has 0 N–H and O–H groups in total. The van der Waals surface area contributed by atoms with Crippen molar-refractivity contribution in [3.8, 4) is 5.75 Å². The van der Waals surface area contributed by atoms with Gasteiger partial charge in [-0.15, -0.1) is 0 Å². The van der Waals surface area contributed by atoms with Crippen LogP contribution in [0, 0.1) is 6.92 Å². The van der Waals surface area contributed by atoms with Crippen LogP contribution in [-0.2, 0) is 11.3 Å². The lowest BCUT2D eigenvalue weighted by atomic mass is 10.1. The van der Waals surface area contributed by atoms with Gasteiger partial charge in [0.2, 0.25) is 0 Å². The topological polar surface area (TPSA) is 40.5 Å². The number of hydrogen-bond acceptors (Lipinski definition) is 3. The van der Waals surface area contributed by atoms with Crippen molar-refractivity contribution in [2.75, 3.05) is 13.7 Å². The molecule has 0 aliphatic rings. The first-order chi connectivity index (χ1) is 11.6. The van der Waals surface area contributed by atoms with Gasteiger partial charge in [0.05, 0.1) is 19.2 Å². The van der Waals surface area contributed by atoms with Crippen molar-refractivity contribution >= 4 is 28.5 Å². The average molecular weight is 344 g/mol. The summed E-state index contributed by atoms with van der Waals surface area (Å²) in [6.07, 6.45) is 1.99. The van der Waals surface area contributed by atoms with Crippen LogP contribution in [0.25, 0.3) is 10.9 Å². The molecule has 0 unspecified atom stereocenters. The van der Waals surface area contributed by atoms with E-state index in [1.807, 2.05) is 49.5 Å². The number of halogens is 1. The molecule has 0 saturated carbocycles. The van der Waals surface area contributed by atoms with Crippen molar-refractivity contribution in [3.63, 3.8) is 0 Å². The summed E-state index contributed by atoms with van der Waals surface area (Å²) < 4.78 is 12.6. The van der Waals surface area contributed by atoms with Gasteiger partial charge < -0.3 is 14.0 Å². The van der Waals surface area contributed by atoms with Gasteiger partial charge in [-0.3, -0.25) is 0 Å². The van der Waals surface area contributed by atoms with Gasteiger partial charge in [0, 0.05) is 16.7 Å². The molecule has 3 rings (SSSR count). The lowest BCUT2D eigenvalue weighted by molar-refractivity contribution is 0.0601. The van der Waals surface area contributed by atoms with E-state index in [1.165, 1.54) is 7.11 Å². The van der Waals surface area contributed by atoms with Crippen molar-refractivity contribution in [3.05, 3.63) is 64.8 Å². The molecule has 3 aromatic rings. The van der Waals surface area contributed by atoms with Gasteiger partial charge in [0.15, 0.2) is 0 Å². The Labute approximate surface area is 145 Å². The summed E-state index contributed by atoms with van der Waals surface area (Å²) in [6.45, 7) is 3.14. The number of nitrogens with zero attached hydrogens (tertiary/aromatic N) is 1. The van der Waals surface area contributed by atoms with Gasteiger partial charge >= 0.3 is 5.97 Å². The molecule has 24 heavy (non-hydrogen) atoms. The van der Waals surface area contributed by atoms with E-state index in [1.54, 1.807) is 6.07 Å². The lowest BCUT2D eigenvalue weighted by Gasteiger charge is -2.10. The van der Waals surface area contributed by atoms with E-state index in [0.29, 0.717) is 18.7 Å². The zero-order valence-corrected chi connectivity index (χ0v) is 14.3. The second-order valence-electron chi connectivity index (χ2n) is 5.53. The van der Waals surface area contributed by atoms with E-state index >= 15 is 0 Å². The van der Waals surface area contributed by atoms with E-state index < -0.39 is 0 Å². The SMILES string of the molecule is COC(=O)c1ccc2ccn(CCOc3ccc(Cl)c(C)c3)c2c1. The monoisotopic (exact) mass is 343 g/mol.